The van der Waals surface area contributed by atoms with E-state index in [0.29, 0.717) is 18.9 Å². The number of nitrogens with one attached hydrogen (secondary N) is 1. The minimum absolute atomic E-state index is 0.108. The zero-order chi connectivity index (χ0) is 16.7. The Morgan fingerprint density at radius 1 is 1.26 bits per heavy atom. The minimum atomic E-state index is -1.19. The number of rotatable bonds is 8. The predicted octanol–water partition coefficient (Wildman–Crippen LogP) is 0.180. The van der Waals surface area contributed by atoms with Crippen molar-refractivity contribution in [2.75, 3.05) is 20.3 Å². The van der Waals surface area contributed by atoms with Gasteiger partial charge in [0, 0.05) is 0 Å². The molecule has 2 rings (SSSR count). The summed E-state index contributed by atoms with van der Waals surface area (Å²) < 4.78 is 11.7. The zero-order valence-electron chi connectivity index (χ0n) is 12.4. The number of ether oxygens (including phenoxy) is 2. The van der Waals surface area contributed by atoms with Gasteiger partial charge in [-0.1, -0.05) is 5.21 Å². The van der Waals surface area contributed by atoms with E-state index in [4.69, 9.17) is 14.6 Å². The number of methoxy groups -OCH3 is 1. The highest BCUT2D eigenvalue weighted by Gasteiger charge is 2.10. The Kier molecular flexibility index (Phi) is 5.50. The van der Waals surface area contributed by atoms with E-state index in [-0.39, 0.29) is 18.1 Å². The number of carboxylic acid groups (broad SMARTS) is 1. The van der Waals surface area contributed by atoms with Gasteiger partial charge in [-0.25, -0.2) is 9.48 Å². The molecule has 1 amide bonds. The van der Waals surface area contributed by atoms with E-state index in [1.54, 1.807) is 31.4 Å². The monoisotopic (exact) mass is 320 g/mol. The van der Waals surface area contributed by atoms with Crippen molar-refractivity contribution in [2.45, 2.75) is 6.54 Å². The van der Waals surface area contributed by atoms with Gasteiger partial charge in [0.25, 0.3) is 0 Å². The number of nitrogens with zero attached hydrogens (tertiary/aromatic N) is 3. The Morgan fingerprint density at radius 2 is 1.96 bits per heavy atom. The molecule has 1 heterocycles. The molecule has 9 heteroatoms. The van der Waals surface area contributed by atoms with E-state index < -0.39 is 5.97 Å². The first kappa shape index (κ1) is 16.3. The molecule has 0 fully saturated rings. The second-order valence-corrected chi connectivity index (χ2v) is 4.48. The summed E-state index contributed by atoms with van der Waals surface area (Å²) in [5.41, 5.74) is -0.208. The number of carboxylic acids is 1. The van der Waals surface area contributed by atoms with E-state index in [9.17, 15) is 9.59 Å². The van der Waals surface area contributed by atoms with Crippen LogP contribution in [0.2, 0.25) is 0 Å². The molecule has 0 saturated carbocycles. The molecule has 2 N–H and O–H groups in total. The highest BCUT2D eigenvalue weighted by molar-refractivity contribution is 5.84. The standard InChI is InChI=1S/C14H16N4O5/c1-22-10-2-4-11(5-3-10)23-7-6-15-13(19)9-18-8-12(14(20)21)16-17-18/h2-5,8H,6-7,9H2,1H3,(H,15,19)(H,20,21). The summed E-state index contributed by atoms with van der Waals surface area (Å²) in [6, 6.07) is 7.09. The van der Waals surface area contributed by atoms with Crippen LogP contribution >= 0.6 is 0 Å². The topological polar surface area (TPSA) is 116 Å². The summed E-state index contributed by atoms with van der Waals surface area (Å²) in [4.78, 5) is 22.3. The molecule has 23 heavy (non-hydrogen) atoms. The minimum Gasteiger partial charge on any atom is -0.497 e. The van der Waals surface area contributed by atoms with Gasteiger partial charge in [-0.15, -0.1) is 5.10 Å². The van der Waals surface area contributed by atoms with Crippen LogP contribution in [0.4, 0.5) is 0 Å². The molecule has 122 valence electrons. The Labute approximate surface area is 131 Å². The molecule has 0 bridgehead atoms. The highest BCUT2D eigenvalue weighted by Crippen LogP contribution is 2.16. The fourth-order valence-electron chi connectivity index (χ4n) is 1.71. The van der Waals surface area contributed by atoms with E-state index in [2.05, 4.69) is 15.6 Å². The van der Waals surface area contributed by atoms with Crippen molar-refractivity contribution in [3.05, 3.63) is 36.2 Å². The second-order valence-electron chi connectivity index (χ2n) is 4.48. The average Bonchev–Trinajstić information content (AvgIpc) is 3.01. The molecule has 0 aliphatic heterocycles. The number of carbonyl (C=O) groups excluding carboxylic acids is 1. The van der Waals surface area contributed by atoms with Crippen molar-refractivity contribution in [3.8, 4) is 11.5 Å². The van der Waals surface area contributed by atoms with Gasteiger partial charge >= 0.3 is 5.97 Å². The van der Waals surface area contributed by atoms with Crippen LogP contribution in [-0.2, 0) is 11.3 Å². The van der Waals surface area contributed by atoms with E-state index in [1.807, 2.05) is 0 Å². The quantitative estimate of drug-likeness (QED) is 0.667. The maximum atomic E-state index is 11.7. The van der Waals surface area contributed by atoms with Crippen molar-refractivity contribution in [3.63, 3.8) is 0 Å². The number of hydrogen-bond acceptors (Lipinski definition) is 6. The van der Waals surface area contributed by atoms with Gasteiger partial charge in [0.2, 0.25) is 5.91 Å². The molecule has 9 nitrogen and oxygen atoms in total. The molecule has 0 saturated heterocycles. The first-order chi connectivity index (χ1) is 11.1. The van der Waals surface area contributed by atoms with Crippen molar-refractivity contribution >= 4 is 11.9 Å². The van der Waals surface area contributed by atoms with Crippen LogP contribution in [0.5, 0.6) is 11.5 Å². The summed E-state index contributed by atoms with van der Waals surface area (Å²) in [6.07, 6.45) is 1.19. The van der Waals surface area contributed by atoms with Gasteiger partial charge in [0.1, 0.15) is 24.7 Å². The molecule has 0 aliphatic rings. The lowest BCUT2D eigenvalue weighted by atomic mass is 10.3. The Bertz CT molecular complexity index is 668. The summed E-state index contributed by atoms with van der Waals surface area (Å²) >= 11 is 0. The lowest BCUT2D eigenvalue weighted by Gasteiger charge is -2.08. The molecule has 0 spiro atoms. The van der Waals surface area contributed by atoms with Gasteiger partial charge < -0.3 is 19.9 Å². The molecular formula is C14H16N4O5. The van der Waals surface area contributed by atoms with Crippen molar-refractivity contribution in [1.29, 1.82) is 0 Å². The molecule has 0 atom stereocenters. The predicted molar refractivity (Wildman–Crippen MR) is 78.5 cm³/mol. The fourth-order valence-corrected chi connectivity index (χ4v) is 1.71. The second kappa shape index (κ2) is 7.78. The van der Waals surface area contributed by atoms with Crippen LogP contribution in [0.15, 0.2) is 30.5 Å². The average molecular weight is 320 g/mol. The van der Waals surface area contributed by atoms with E-state index >= 15 is 0 Å². The lowest BCUT2D eigenvalue weighted by molar-refractivity contribution is -0.122. The Balaban J connectivity index is 1.68. The summed E-state index contributed by atoms with van der Waals surface area (Å²) in [6.45, 7) is 0.504. The Hall–Kier alpha value is -3.10. The number of aromatic carboxylic acids is 1. The lowest BCUT2D eigenvalue weighted by Crippen LogP contribution is -2.31. The normalized spacial score (nSPS) is 10.1. The van der Waals surface area contributed by atoms with Crippen molar-refractivity contribution < 1.29 is 24.2 Å². The van der Waals surface area contributed by atoms with Crippen LogP contribution < -0.4 is 14.8 Å². The third-order valence-corrected chi connectivity index (χ3v) is 2.82. The summed E-state index contributed by atoms with van der Waals surface area (Å²) in [7, 11) is 1.58. The maximum absolute atomic E-state index is 11.7. The molecule has 0 radical (unpaired) electrons. The third-order valence-electron chi connectivity index (χ3n) is 2.82. The largest absolute Gasteiger partial charge is 0.497 e. The van der Waals surface area contributed by atoms with Crippen LogP contribution in [0.25, 0.3) is 0 Å². The number of amides is 1. The molecule has 0 unspecified atom stereocenters. The Morgan fingerprint density at radius 3 is 2.57 bits per heavy atom. The van der Waals surface area contributed by atoms with Gasteiger partial charge in [-0.05, 0) is 24.3 Å². The number of hydrogen-bond donors (Lipinski definition) is 2. The first-order valence-electron chi connectivity index (χ1n) is 6.75. The number of carbonyl (C=O) groups is 2. The van der Waals surface area contributed by atoms with Crippen LogP contribution in [-0.4, -0.2) is 52.2 Å². The van der Waals surface area contributed by atoms with Crippen LogP contribution in [0.1, 0.15) is 10.5 Å². The SMILES string of the molecule is COc1ccc(OCCNC(=O)Cn2cc(C(=O)O)nn2)cc1. The summed E-state index contributed by atoms with van der Waals surface area (Å²) in [5, 5.41) is 18.3. The van der Waals surface area contributed by atoms with Gasteiger partial charge in [0.05, 0.1) is 19.9 Å². The fraction of sp³-hybridized carbons (Fsp3) is 0.286. The molecule has 0 aliphatic carbocycles. The molecular weight excluding hydrogens is 304 g/mol. The van der Waals surface area contributed by atoms with Crippen LogP contribution in [0.3, 0.4) is 0 Å². The number of benzene rings is 1. The molecule has 2 aromatic rings. The highest BCUT2D eigenvalue weighted by atomic mass is 16.5. The third kappa shape index (κ3) is 4.99. The zero-order valence-corrected chi connectivity index (χ0v) is 12.4. The van der Waals surface area contributed by atoms with Crippen molar-refractivity contribution in [1.82, 2.24) is 20.3 Å². The van der Waals surface area contributed by atoms with Gasteiger partial charge in [0.15, 0.2) is 5.69 Å². The van der Waals surface area contributed by atoms with Gasteiger partial charge in [-0.2, -0.15) is 0 Å². The van der Waals surface area contributed by atoms with Crippen LogP contribution in [0, 0.1) is 0 Å². The molecule has 1 aromatic carbocycles. The smallest absolute Gasteiger partial charge is 0.358 e. The van der Waals surface area contributed by atoms with E-state index in [0.717, 1.165) is 10.4 Å². The molecule has 1 aromatic heterocycles. The maximum Gasteiger partial charge on any atom is 0.358 e. The summed E-state index contributed by atoms with van der Waals surface area (Å²) in [5.74, 6) is -0.101. The first-order valence-corrected chi connectivity index (χ1v) is 6.75. The van der Waals surface area contributed by atoms with E-state index in [1.165, 1.54) is 6.20 Å². The van der Waals surface area contributed by atoms with Gasteiger partial charge in [-0.3, -0.25) is 4.79 Å². The number of aromatic nitrogens is 3. The van der Waals surface area contributed by atoms with Crippen molar-refractivity contribution in [2.24, 2.45) is 0 Å².